The van der Waals surface area contributed by atoms with E-state index in [0.717, 1.165) is 13.3 Å². The number of hydrogen-bond acceptors (Lipinski definition) is 3. The van der Waals surface area contributed by atoms with Crippen molar-refractivity contribution < 1.29 is 19.4 Å². The van der Waals surface area contributed by atoms with Crippen LogP contribution in [-0.4, -0.2) is 36.7 Å². The molecule has 106 valence electrons. The summed E-state index contributed by atoms with van der Waals surface area (Å²) in [6.07, 6.45) is 4.38. The molecule has 0 aromatic carbocycles. The Balaban J connectivity index is 0.000000631. The van der Waals surface area contributed by atoms with E-state index in [0.29, 0.717) is 0 Å². The molecule has 5 heteroatoms. The van der Waals surface area contributed by atoms with Crippen LogP contribution in [0.15, 0.2) is 12.2 Å². The van der Waals surface area contributed by atoms with Gasteiger partial charge in [-0.15, -0.1) is 0 Å². The molecular formula is C13H26O4Si. The fourth-order valence-electron chi connectivity index (χ4n) is 1.29. The maximum Gasteiger partial charge on any atom is 0.300 e. The lowest BCUT2D eigenvalue weighted by molar-refractivity contribution is -0.134. The fourth-order valence-corrected chi connectivity index (χ4v) is 2.58. The molecule has 0 aromatic rings. The first-order chi connectivity index (χ1) is 7.95. The molecule has 0 bridgehead atoms. The van der Waals surface area contributed by atoms with Gasteiger partial charge in [-0.05, 0) is 18.1 Å². The van der Waals surface area contributed by atoms with E-state index in [1.165, 1.54) is 0 Å². The van der Waals surface area contributed by atoms with Crippen molar-refractivity contribution >= 4 is 14.3 Å². The molecule has 0 saturated carbocycles. The van der Waals surface area contributed by atoms with E-state index in [1.807, 2.05) is 12.2 Å². The average Bonchev–Trinajstić information content (AvgIpc) is 2.46. The number of rotatable bonds is 2. The van der Waals surface area contributed by atoms with Gasteiger partial charge in [0, 0.05) is 13.3 Å². The Morgan fingerprint density at radius 2 is 1.78 bits per heavy atom. The van der Waals surface area contributed by atoms with Crippen LogP contribution in [0.4, 0.5) is 0 Å². The zero-order valence-electron chi connectivity index (χ0n) is 12.2. The van der Waals surface area contributed by atoms with Crippen molar-refractivity contribution in [2.75, 3.05) is 0 Å². The van der Waals surface area contributed by atoms with E-state index < -0.39 is 14.3 Å². The van der Waals surface area contributed by atoms with Crippen LogP contribution in [0.3, 0.4) is 0 Å². The van der Waals surface area contributed by atoms with Gasteiger partial charge in [0.05, 0.1) is 12.2 Å². The summed E-state index contributed by atoms with van der Waals surface area (Å²) in [6, 6.07) is 0. The topological polar surface area (TPSA) is 66.8 Å². The number of carboxylic acids is 1. The highest BCUT2D eigenvalue weighted by molar-refractivity contribution is 6.74. The highest BCUT2D eigenvalue weighted by Crippen LogP contribution is 2.38. The Labute approximate surface area is 111 Å². The van der Waals surface area contributed by atoms with Crippen molar-refractivity contribution in [3.8, 4) is 0 Å². The SMILES string of the molecule is CC(=O)O.CC(C)(C)[Si](C)(C)OC1C=CC(O)C1. The van der Waals surface area contributed by atoms with Crippen LogP contribution >= 0.6 is 0 Å². The average molecular weight is 274 g/mol. The summed E-state index contributed by atoms with van der Waals surface area (Å²) < 4.78 is 6.13. The molecule has 2 atom stereocenters. The molecule has 2 N–H and O–H groups in total. The molecule has 0 heterocycles. The van der Waals surface area contributed by atoms with Crippen molar-refractivity contribution in [1.82, 2.24) is 0 Å². The monoisotopic (exact) mass is 274 g/mol. The molecule has 1 rings (SSSR count). The highest BCUT2D eigenvalue weighted by atomic mass is 28.4. The van der Waals surface area contributed by atoms with Gasteiger partial charge in [0.15, 0.2) is 8.32 Å². The molecular weight excluding hydrogens is 248 g/mol. The zero-order valence-corrected chi connectivity index (χ0v) is 13.2. The zero-order chi connectivity index (χ0) is 14.6. The lowest BCUT2D eigenvalue weighted by Gasteiger charge is -2.38. The maximum absolute atomic E-state index is 9.35. The molecule has 1 aliphatic carbocycles. The van der Waals surface area contributed by atoms with Gasteiger partial charge in [0.25, 0.3) is 5.97 Å². The van der Waals surface area contributed by atoms with E-state index in [-0.39, 0.29) is 17.2 Å². The molecule has 0 spiro atoms. The molecule has 0 fully saturated rings. The highest BCUT2D eigenvalue weighted by Gasteiger charge is 2.39. The van der Waals surface area contributed by atoms with Crippen molar-refractivity contribution in [3.05, 3.63) is 12.2 Å². The molecule has 0 amide bonds. The largest absolute Gasteiger partial charge is 0.481 e. The third-order valence-electron chi connectivity index (χ3n) is 3.27. The van der Waals surface area contributed by atoms with Gasteiger partial charge >= 0.3 is 0 Å². The maximum atomic E-state index is 9.35. The van der Waals surface area contributed by atoms with Crippen LogP contribution in [-0.2, 0) is 9.22 Å². The molecule has 0 saturated heterocycles. The van der Waals surface area contributed by atoms with Crippen LogP contribution in [0.25, 0.3) is 0 Å². The van der Waals surface area contributed by atoms with Crippen molar-refractivity contribution in [2.45, 2.75) is 64.5 Å². The summed E-state index contributed by atoms with van der Waals surface area (Å²) in [5, 5.41) is 17.0. The van der Waals surface area contributed by atoms with Gasteiger partial charge in [0.1, 0.15) is 0 Å². The Bertz CT molecular complexity index is 301. The first kappa shape index (κ1) is 17.3. The summed E-state index contributed by atoms with van der Waals surface area (Å²) in [7, 11) is -1.66. The number of aliphatic hydroxyl groups is 1. The number of carbonyl (C=O) groups is 1. The van der Waals surface area contributed by atoms with Gasteiger partial charge in [-0.2, -0.15) is 0 Å². The van der Waals surface area contributed by atoms with Crippen molar-refractivity contribution in [1.29, 1.82) is 0 Å². The second kappa shape index (κ2) is 6.50. The van der Waals surface area contributed by atoms with Gasteiger partial charge in [-0.25, -0.2) is 0 Å². The molecule has 18 heavy (non-hydrogen) atoms. The first-order valence-corrected chi connectivity index (χ1v) is 9.10. The smallest absolute Gasteiger partial charge is 0.300 e. The molecule has 0 aliphatic heterocycles. The van der Waals surface area contributed by atoms with Crippen molar-refractivity contribution in [2.24, 2.45) is 0 Å². The summed E-state index contributed by atoms with van der Waals surface area (Å²) in [4.78, 5) is 9.00. The molecule has 4 nitrogen and oxygen atoms in total. The summed E-state index contributed by atoms with van der Waals surface area (Å²) in [6.45, 7) is 12.3. The summed E-state index contributed by atoms with van der Waals surface area (Å²) in [5.41, 5.74) is 0. The predicted octanol–water partition coefficient (Wildman–Crippen LogP) is 2.79. The van der Waals surface area contributed by atoms with E-state index in [9.17, 15) is 5.11 Å². The molecule has 1 aliphatic rings. The Hall–Kier alpha value is -0.653. The third-order valence-corrected chi connectivity index (χ3v) is 7.78. The van der Waals surface area contributed by atoms with Gasteiger partial charge in [-0.3, -0.25) is 4.79 Å². The molecule has 0 radical (unpaired) electrons. The Kier molecular flexibility index (Phi) is 6.26. The number of aliphatic carboxylic acids is 1. The lowest BCUT2D eigenvalue weighted by Crippen LogP contribution is -2.43. The van der Waals surface area contributed by atoms with Crippen LogP contribution in [0.2, 0.25) is 18.1 Å². The Morgan fingerprint density at radius 1 is 1.33 bits per heavy atom. The van der Waals surface area contributed by atoms with Crippen LogP contribution < -0.4 is 0 Å². The van der Waals surface area contributed by atoms with Gasteiger partial charge < -0.3 is 14.6 Å². The van der Waals surface area contributed by atoms with Gasteiger partial charge in [-0.1, -0.05) is 32.9 Å². The van der Waals surface area contributed by atoms with Gasteiger partial charge in [0.2, 0.25) is 0 Å². The second-order valence-electron chi connectivity index (χ2n) is 6.12. The predicted molar refractivity (Wildman–Crippen MR) is 75.1 cm³/mol. The second-order valence-corrected chi connectivity index (χ2v) is 10.9. The van der Waals surface area contributed by atoms with E-state index in [2.05, 4.69) is 33.9 Å². The number of hydrogen-bond donors (Lipinski definition) is 2. The quantitative estimate of drug-likeness (QED) is 0.600. The molecule has 0 aromatic heterocycles. The van der Waals surface area contributed by atoms with Crippen LogP contribution in [0.5, 0.6) is 0 Å². The van der Waals surface area contributed by atoms with E-state index in [1.54, 1.807) is 0 Å². The number of carboxylic acid groups (broad SMARTS) is 1. The first-order valence-electron chi connectivity index (χ1n) is 6.19. The number of aliphatic hydroxyl groups excluding tert-OH is 1. The van der Waals surface area contributed by atoms with E-state index in [4.69, 9.17) is 14.3 Å². The minimum Gasteiger partial charge on any atom is -0.481 e. The third kappa shape index (κ3) is 6.33. The normalized spacial score (nSPS) is 23.5. The molecule has 2 unspecified atom stereocenters. The van der Waals surface area contributed by atoms with E-state index >= 15 is 0 Å². The lowest BCUT2D eigenvalue weighted by atomic mass is 10.2. The minimum absolute atomic E-state index is 0.130. The summed E-state index contributed by atoms with van der Waals surface area (Å²) in [5.74, 6) is -0.833. The van der Waals surface area contributed by atoms with Crippen LogP contribution in [0, 0.1) is 0 Å². The minimum atomic E-state index is -1.66. The fraction of sp³-hybridized carbons (Fsp3) is 0.769. The van der Waals surface area contributed by atoms with Crippen LogP contribution in [0.1, 0.15) is 34.1 Å². The Morgan fingerprint density at radius 3 is 2.06 bits per heavy atom. The summed E-state index contributed by atoms with van der Waals surface area (Å²) >= 11 is 0. The van der Waals surface area contributed by atoms with Crippen molar-refractivity contribution in [3.63, 3.8) is 0 Å². The standard InChI is InChI=1S/C11H22O2Si.C2H4O2/c1-11(2,3)14(4,5)13-10-7-6-9(12)8-10;1-2(3)4/h6-7,9-10,12H,8H2,1-5H3;1H3,(H,3,4).